The van der Waals surface area contributed by atoms with Gasteiger partial charge in [-0.3, -0.25) is 0 Å². The second-order valence-electron chi connectivity index (χ2n) is 6.63. The van der Waals surface area contributed by atoms with Crippen LogP contribution in [-0.2, 0) is 15.1 Å². The van der Waals surface area contributed by atoms with Crippen LogP contribution in [0.1, 0.15) is 23.7 Å². The van der Waals surface area contributed by atoms with Crippen molar-refractivity contribution in [3.8, 4) is 0 Å². The Labute approximate surface area is 137 Å². The summed E-state index contributed by atoms with van der Waals surface area (Å²) >= 11 is 0. The number of fused-ring (bicyclic) bond motifs is 1. The van der Waals surface area contributed by atoms with E-state index in [0.29, 0.717) is 12.7 Å². The van der Waals surface area contributed by atoms with Crippen LogP contribution in [0.25, 0.3) is 0 Å². The molecule has 0 aliphatic carbocycles. The maximum Gasteiger partial charge on any atom is 0.148 e. The lowest BCUT2D eigenvalue weighted by Gasteiger charge is -2.52. The van der Waals surface area contributed by atoms with Crippen LogP contribution in [0.5, 0.6) is 0 Å². The third-order valence-corrected chi connectivity index (χ3v) is 5.29. The molecule has 0 spiro atoms. The molecule has 2 aromatic carbocycles. The predicted octanol–water partition coefficient (Wildman–Crippen LogP) is 3.58. The molecular formula is C20H23NO2. The summed E-state index contributed by atoms with van der Waals surface area (Å²) in [5, 5.41) is 0. The number of likely N-dealkylation sites (tertiary alicyclic amines) is 1. The predicted molar refractivity (Wildman–Crippen MR) is 89.9 cm³/mol. The van der Waals surface area contributed by atoms with Crippen molar-refractivity contribution in [2.24, 2.45) is 5.92 Å². The zero-order valence-corrected chi connectivity index (χ0v) is 13.5. The molecular weight excluding hydrogens is 286 g/mol. The molecule has 3 atom stereocenters. The van der Waals surface area contributed by atoms with Crippen molar-refractivity contribution in [2.45, 2.75) is 18.1 Å². The van der Waals surface area contributed by atoms with Crippen molar-refractivity contribution < 1.29 is 9.47 Å². The van der Waals surface area contributed by atoms with E-state index in [0.717, 1.165) is 19.5 Å². The molecule has 2 aliphatic heterocycles. The molecule has 3 heteroatoms. The van der Waals surface area contributed by atoms with Crippen LogP contribution in [0, 0.1) is 5.92 Å². The van der Waals surface area contributed by atoms with Crippen molar-refractivity contribution in [3.63, 3.8) is 0 Å². The highest BCUT2D eigenvalue weighted by Gasteiger charge is 2.51. The molecule has 120 valence electrons. The lowest BCUT2D eigenvalue weighted by atomic mass is 9.71. The molecule has 3 unspecified atom stereocenters. The fourth-order valence-electron chi connectivity index (χ4n) is 4.10. The van der Waals surface area contributed by atoms with E-state index >= 15 is 0 Å². The maximum absolute atomic E-state index is 6.31. The van der Waals surface area contributed by atoms with Crippen molar-refractivity contribution in [3.05, 3.63) is 71.8 Å². The van der Waals surface area contributed by atoms with Crippen molar-refractivity contribution in [2.75, 3.05) is 26.9 Å². The highest BCUT2D eigenvalue weighted by Crippen LogP contribution is 2.50. The minimum atomic E-state index is -0.244. The summed E-state index contributed by atoms with van der Waals surface area (Å²) in [6.45, 7) is 2.38. The summed E-state index contributed by atoms with van der Waals surface area (Å²) in [6.07, 6.45) is 1.08. The van der Waals surface area contributed by atoms with Crippen LogP contribution < -0.4 is 0 Å². The summed E-state index contributed by atoms with van der Waals surface area (Å²) in [4.78, 5) is 2.39. The Kier molecular flexibility index (Phi) is 3.93. The van der Waals surface area contributed by atoms with Crippen LogP contribution in [0.2, 0.25) is 0 Å². The van der Waals surface area contributed by atoms with Crippen LogP contribution >= 0.6 is 0 Å². The van der Waals surface area contributed by atoms with E-state index in [-0.39, 0.29) is 11.7 Å². The fourth-order valence-corrected chi connectivity index (χ4v) is 4.10. The molecule has 4 rings (SSSR count). The van der Waals surface area contributed by atoms with Gasteiger partial charge in [-0.05, 0) is 24.6 Å². The number of nitrogens with zero attached hydrogens (tertiary/aromatic N) is 1. The number of rotatable bonds is 2. The first kappa shape index (κ1) is 14.9. The molecule has 2 heterocycles. The molecule has 0 bridgehead atoms. The van der Waals surface area contributed by atoms with Gasteiger partial charge in [0, 0.05) is 19.0 Å². The second-order valence-corrected chi connectivity index (χ2v) is 6.63. The Morgan fingerprint density at radius 2 is 1.70 bits per heavy atom. The van der Waals surface area contributed by atoms with Gasteiger partial charge in [0.25, 0.3) is 0 Å². The van der Waals surface area contributed by atoms with E-state index in [1.165, 1.54) is 11.1 Å². The molecule has 0 amide bonds. The summed E-state index contributed by atoms with van der Waals surface area (Å²) in [5.74, 6) is 0.291. The van der Waals surface area contributed by atoms with E-state index in [1.54, 1.807) is 0 Å². The fraction of sp³-hybridized carbons (Fsp3) is 0.400. The lowest BCUT2D eigenvalue weighted by molar-refractivity contribution is -0.281. The Hall–Kier alpha value is -1.68. The quantitative estimate of drug-likeness (QED) is 0.846. The van der Waals surface area contributed by atoms with Crippen molar-refractivity contribution in [1.29, 1.82) is 0 Å². The summed E-state index contributed by atoms with van der Waals surface area (Å²) in [6, 6.07) is 21.2. The number of benzene rings is 2. The Balaban J connectivity index is 1.77. The van der Waals surface area contributed by atoms with Gasteiger partial charge in [0.1, 0.15) is 12.4 Å². The topological polar surface area (TPSA) is 21.7 Å². The van der Waals surface area contributed by atoms with E-state index in [1.807, 2.05) is 0 Å². The van der Waals surface area contributed by atoms with Gasteiger partial charge in [-0.25, -0.2) is 0 Å². The average molecular weight is 309 g/mol. The normalized spacial score (nSPS) is 31.5. The van der Waals surface area contributed by atoms with Gasteiger partial charge in [0.05, 0.1) is 6.10 Å². The zero-order valence-electron chi connectivity index (χ0n) is 13.5. The van der Waals surface area contributed by atoms with E-state index in [2.05, 4.69) is 72.6 Å². The smallest absolute Gasteiger partial charge is 0.148 e. The summed E-state index contributed by atoms with van der Waals surface area (Å²) in [5.41, 5.74) is 2.28. The maximum atomic E-state index is 6.31. The molecule has 0 saturated carbocycles. The van der Waals surface area contributed by atoms with Gasteiger partial charge in [-0.1, -0.05) is 60.7 Å². The second kappa shape index (κ2) is 6.08. The van der Waals surface area contributed by atoms with Crippen LogP contribution in [0.3, 0.4) is 0 Å². The Bertz CT molecular complexity index is 645. The van der Waals surface area contributed by atoms with Gasteiger partial charge < -0.3 is 14.4 Å². The van der Waals surface area contributed by atoms with E-state index in [4.69, 9.17) is 9.47 Å². The van der Waals surface area contributed by atoms with Crippen LogP contribution in [0.15, 0.2) is 60.7 Å². The molecule has 0 radical (unpaired) electrons. The Morgan fingerprint density at radius 3 is 2.43 bits per heavy atom. The SMILES string of the molecule is CN1CCC2(c3ccccc3)OCOC(c3ccccc3)C2C1. The summed E-state index contributed by atoms with van der Waals surface area (Å²) in [7, 11) is 2.19. The number of ether oxygens (including phenoxy) is 2. The lowest BCUT2D eigenvalue weighted by Crippen LogP contribution is -2.55. The van der Waals surface area contributed by atoms with Crippen LogP contribution in [-0.4, -0.2) is 31.8 Å². The first-order valence-corrected chi connectivity index (χ1v) is 8.34. The minimum Gasteiger partial charge on any atom is -0.347 e. The molecule has 2 fully saturated rings. The molecule has 23 heavy (non-hydrogen) atoms. The Morgan fingerprint density at radius 1 is 1.00 bits per heavy atom. The molecule has 2 saturated heterocycles. The summed E-state index contributed by atoms with van der Waals surface area (Å²) < 4.78 is 12.4. The third-order valence-electron chi connectivity index (χ3n) is 5.29. The van der Waals surface area contributed by atoms with Crippen LogP contribution in [0.4, 0.5) is 0 Å². The first-order chi connectivity index (χ1) is 11.3. The monoisotopic (exact) mass is 309 g/mol. The highest BCUT2D eigenvalue weighted by molar-refractivity contribution is 5.29. The van der Waals surface area contributed by atoms with Gasteiger partial charge in [-0.2, -0.15) is 0 Å². The van der Waals surface area contributed by atoms with Gasteiger partial charge in [0.2, 0.25) is 0 Å². The molecule has 0 aromatic heterocycles. The standard InChI is InChI=1S/C20H23NO2/c1-21-13-12-20(17-10-6-3-7-11-17)18(14-21)19(22-15-23-20)16-8-4-2-5-9-16/h2-11,18-19H,12-15H2,1H3. The van der Waals surface area contributed by atoms with Crippen molar-refractivity contribution in [1.82, 2.24) is 4.90 Å². The zero-order chi connectivity index (χ0) is 15.7. The first-order valence-electron chi connectivity index (χ1n) is 8.34. The minimum absolute atomic E-state index is 0.0768. The number of hydrogen-bond acceptors (Lipinski definition) is 3. The van der Waals surface area contributed by atoms with E-state index < -0.39 is 0 Å². The number of hydrogen-bond donors (Lipinski definition) is 0. The van der Waals surface area contributed by atoms with Crippen molar-refractivity contribution >= 4 is 0 Å². The molecule has 2 aliphatic rings. The molecule has 3 nitrogen and oxygen atoms in total. The average Bonchev–Trinajstić information content (AvgIpc) is 2.63. The largest absolute Gasteiger partial charge is 0.347 e. The molecule has 2 aromatic rings. The van der Waals surface area contributed by atoms with Gasteiger partial charge in [0.15, 0.2) is 0 Å². The molecule has 0 N–H and O–H groups in total. The highest BCUT2D eigenvalue weighted by atomic mass is 16.7. The van der Waals surface area contributed by atoms with Gasteiger partial charge in [-0.15, -0.1) is 0 Å². The van der Waals surface area contributed by atoms with Gasteiger partial charge >= 0.3 is 0 Å². The third kappa shape index (κ3) is 2.59. The van der Waals surface area contributed by atoms with E-state index in [9.17, 15) is 0 Å². The number of piperidine rings is 1.